The minimum atomic E-state index is -0.0742. The lowest BCUT2D eigenvalue weighted by Crippen LogP contribution is -2.43. The molecule has 1 rings (SSSR count). The summed E-state index contributed by atoms with van der Waals surface area (Å²) in [5.41, 5.74) is 1.11. The number of ether oxygens (including phenoxy) is 2. The number of nitrogens with zero attached hydrogens (tertiary/aromatic N) is 1. The van der Waals surface area contributed by atoms with E-state index in [1.807, 2.05) is 12.1 Å². The number of nitrogens with one attached hydrogen (secondary N) is 2. The van der Waals surface area contributed by atoms with Gasteiger partial charge in [0.25, 0.3) is 0 Å². The van der Waals surface area contributed by atoms with Crippen LogP contribution in [-0.4, -0.2) is 40.3 Å². The van der Waals surface area contributed by atoms with Gasteiger partial charge >= 0.3 is 0 Å². The fourth-order valence-electron chi connectivity index (χ4n) is 2.36. The van der Waals surface area contributed by atoms with Gasteiger partial charge in [-0.1, -0.05) is 33.8 Å². The number of methoxy groups -OCH3 is 2. The maximum Gasteiger partial charge on any atom is 0.191 e. The van der Waals surface area contributed by atoms with Crippen molar-refractivity contribution in [3.63, 3.8) is 0 Å². The van der Waals surface area contributed by atoms with Crippen LogP contribution in [-0.2, 0) is 5.41 Å². The van der Waals surface area contributed by atoms with Crippen LogP contribution < -0.4 is 20.1 Å². The summed E-state index contributed by atoms with van der Waals surface area (Å²) in [6.07, 6.45) is 1.12. The third-order valence-electron chi connectivity index (χ3n) is 4.10. The zero-order chi connectivity index (χ0) is 18.2. The van der Waals surface area contributed by atoms with Crippen molar-refractivity contribution < 1.29 is 9.47 Å². The van der Waals surface area contributed by atoms with Crippen LogP contribution in [0.25, 0.3) is 0 Å². The van der Waals surface area contributed by atoms with E-state index in [4.69, 9.17) is 9.47 Å². The molecule has 0 aliphatic carbocycles. The predicted molar refractivity (Wildman–Crippen MR) is 117 cm³/mol. The van der Waals surface area contributed by atoms with Crippen LogP contribution in [0.5, 0.6) is 11.5 Å². The van der Waals surface area contributed by atoms with E-state index in [1.165, 1.54) is 5.56 Å². The number of hydrogen-bond acceptors (Lipinski definition) is 3. The molecule has 0 fully saturated rings. The molecule has 0 aromatic heterocycles. The number of halogens is 1. The molecule has 0 saturated carbocycles. The Morgan fingerprint density at radius 1 is 1.12 bits per heavy atom. The van der Waals surface area contributed by atoms with Gasteiger partial charge in [0.05, 0.1) is 14.2 Å². The molecule has 25 heavy (non-hydrogen) atoms. The molecule has 0 aliphatic heterocycles. The smallest absolute Gasteiger partial charge is 0.191 e. The topological polar surface area (TPSA) is 54.9 Å². The number of hydrogen-bond donors (Lipinski definition) is 2. The number of rotatable bonds is 8. The lowest BCUT2D eigenvalue weighted by Gasteiger charge is -2.27. The van der Waals surface area contributed by atoms with Gasteiger partial charge in [0.15, 0.2) is 17.5 Å². The highest BCUT2D eigenvalue weighted by molar-refractivity contribution is 14.0. The molecule has 6 heteroatoms. The van der Waals surface area contributed by atoms with Crippen LogP contribution in [0, 0.1) is 5.92 Å². The zero-order valence-electron chi connectivity index (χ0n) is 16.6. The molecule has 1 aromatic rings. The Morgan fingerprint density at radius 2 is 1.76 bits per heavy atom. The molecule has 0 heterocycles. The summed E-state index contributed by atoms with van der Waals surface area (Å²) in [5.74, 6) is 3.02. The first-order valence-electron chi connectivity index (χ1n) is 8.51. The molecule has 0 unspecified atom stereocenters. The summed E-state index contributed by atoms with van der Waals surface area (Å²) in [7, 11) is 5.11. The lowest BCUT2D eigenvalue weighted by atomic mass is 9.84. The van der Waals surface area contributed by atoms with Crippen molar-refractivity contribution in [2.75, 3.05) is 34.4 Å². The van der Waals surface area contributed by atoms with E-state index >= 15 is 0 Å². The van der Waals surface area contributed by atoms with Gasteiger partial charge in [-0.05, 0) is 30.0 Å². The maximum absolute atomic E-state index is 5.41. The van der Waals surface area contributed by atoms with Crippen LogP contribution in [0.1, 0.15) is 39.7 Å². The van der Waals surface area contributed by atoms with Gasteiger partial charge < -0.3 is 20.1 Å². The Bertz CT molecular complexity index is 545. The van der Waals surface area contributed by atoms with E-state index in [0.29, 0.717) is 5.92 Å². The fraction of sp³-hybridized carbons (Fsp3) is 0.632. The molecule has 0 atom stereocenters. The van der Waals surface area contributed by atoms with Crippen molar-refractivity contribution in [1.29, 1.82) is 0 Å². The quantitative estimate of drug-likeness (QED) is 0.350. The maximum atomic E-state index is 5.41. The monoisotopic (exact) mass is 463 g/mol. The molecule has 5 nitrogen and oxygen atoms in total. The third-order valence-corrected chi connectivity index (χ3v) is 4.10. The van der Waals surface area contributed by atoms with Crippen molar-refractivity contribution in [3.05, 3.63) is 23.8 Å². The van der Waals surface area contributed by atoms with Crippen LogP contribution in [0.4, 0.5) is 0 Å². The van der Waals surface area contributed by atoms with Crippen molar-refractivity contribution in [2.24, 2.45) is 10.9 Å². The molecule has 2 N–H and O–H groups in total. The Hall–Kier alpha value is -1.18. The van der Waals surface area contributed by atoms with Crippen LogP contribution in [0.3, 0.4) is 0 Å². The van der Waals surface area contributed by atoms with Gasteiger partial charge in [-0.25, -0.2) is 0 Å². The van der Waals surface area contributed by atoms with E-state index in [2.05, 4.69) is 49.4 Å². The molecule has 1 aromatic carbocycles. The average Bonchev–Trinajstić information content (AvgIpc) is 2.56. The highest BCUT2D eigenvalue weighted by atomic mass is 127. The third kappa shape index (κ3) is 7.71. The average molecular weight is 463 g/mol. The van der Waals surface area contributed by atoms with Gasteiger partial charge in [-0.3, -0.25) is 4.99 Å². The summed E-state index contributed by atoms with van der Waals surface area (Å²) < 4.78 is 10.7. The number of aliphatic imine (C=N–C) groups is 1. The fourth-order valence-corrected chi connectivity index (χ4v) is 2.36. The summed E-state index contributed by atoms with van der Waals surface area (Å²) in [4.78, 5) is 4.29. The predicted octanol–water partition coefficient (Wildman–Crippen LogP) is 3.81. The molecular formula is C19H34IN3O2. The van der Waals surface area contributed by atoms with E-state index < -0.39 is 0 Å². The second-order valence-electron chi connectivity index (χ2n) is 6.99. The minimum Gasteiger partial charge on any atom is -0.493 e. The number of guanidine groups is 1. The first kappa shape index (κ1) is 23.8. The molecule has 0 saturated heterocycles. The molecule has 144 valence electrons. The molecule has 0 aliphatic rings. The van der Waals surface area contributed by atoms with E-state index in [1.54, 1.807) is 21.3 Å². The zero-order valence-corrected chi connectivity index (χ0v) is 18.9. The van der Waals surface area contributed by atoms with E-state index in [0.717, 1.165) is 37.0 Å². The largest absolute Gasteiger partial charge is 0.493 e. The first-order valence-corrected chi connectivity index (χ1v) is 8.51. The van der Waals surface area contributed by atoms with Crippen LogP contribution in [0.15, 0.2) is 23.2 Å². The molecule has 0 spiro atoms. The van der Waals surface area contributed by atoms with Gasteiger partial charge in [-0.15, -0.1) is 24.0 Å². The Kier molecular flexibility index (Phi) is 10.9. The number of benzene rings is 1. The van der Waals surface area contributed by atoms with E-state index in [9.17, 15) is 0 Å². The normalized spacial score (nSPS) is 11.8. The standard InChI is InChI=1S/C19H33N3O2.HI/c1-14(2)10-11-21-18(20-5)22-13-19(3,4)15-8-9-16(23-6)17(12-15)24-7;/h8-9,12,14H,10-11,13H2,1-7H3,(H2,20,21,22);1H. The highest BCUT2D eigenvalue weighted by Gasteiger charge is 2.22. The first-order chi connectivity index (χ1) is 11.3. The van der Waals surface area contributed by atoms with Crippen LogP contribution in [0.2, 0.25) is 0 Å². The molecule has 0 radical (unpaired) electrons. The summed E-state index contributed by atoms with van der Waals surface area (Å²) in [6.45, 7) is 10.5. The Morgan fingerprint density at radius 3 is 2.28 bits per heavy atom. The minimum absolute atomic E-state index is 0. The van der Waals surface area contributed by atoms with E-state index in [-0.39, 0.29) is 29.4 Å². The molecule has 0 amide bonds. The van der Waals surface area contributed by atoms with Gasteiger partial charge in [0.2, 0.25) is 0 Å². The van der Waals surface area contributed by atoms with Gasteiger partial charge in [0.1, 0.15) is 0 Å². The Balaban J connectivity index is 0.00000576. The van der Waals surface area contributed by atoms with Crippen LogP contribution >= 0.6 is 24.0 Å². The summed E-state index contributed by atoms with van der Waals surface area (Å²) >= 11 is 0. The molecule has 0 bridgehead atoms. The van der Waals surface area contributed by atoms with Gasteiger partial charge in [0, 0.05) is 25.6 Å². The molecular weight excluding hydrogens is 429 g/mol. The van der Waals surface area contributed by atoms with Crippen molar-refractivity contribution in [1.82, 2.24) is 10.6 Å². The van der Waals surface area contributed by atoms with Crippen molar-refractivity contribution in [2.45, 2.75) is 39.5 Å². The van der Waals surface area contributed by atoms with Gasteiger partial charge in [-0.2, -0.15) is 0 Å². The summed E-state index contributed by atoms with van der Waals surface area (Å²) in [6, 6.07) is 6.07. The Labute approximate surface area is 170 Å². The second kappa shape index (κ2) is 11.4. The lowest BCUT2D eigenvalue weighted by molar-refractivity contribution is 0.353. The van der Waals surface area contributed by atoms with Crippen molar-refractivity contribution in [3.8, 4) is 11.5 Å². The highest BCUT2D eigenvalue weighted by Crippen LogP contribution is 2.32. The van der Waals surface area contributed by atoms with Crippen molar-refractivity contribution >= 4 is 29.9 Å². The summed E-state index contributed by atoms with van der Waals surface area (Å²) in [5, 5.41) is 6.77. The second-order valence-corrected chi connectivity index (χ2v) is 6.99. The SMILES string of the molecule is CN=C(NCCC(C)C)NCC(C)(C)c1ccc(OC)c(OC)c1.I.